The Morgan fingerprint density at radius 3 is 2.00 bits per heavy atom. The lowest BCUT2D eigenvalue weighted by atomic mass is 9.79. The lowest BCUT2D eigenvalue weighted by Crippen LogP contribution is -2.62. The fraction of sp³-hybridized carbons (Fsp3) is 0.567. The van der Waals surface area contributed by atoms with E-state index in [1.165, 1.54) is 5.56 Å². The number of aryl methyl sites for hydroxylation is 1. The molecule has 1 aromatic heterocycles. The molecule has 1 aliphatic heterocycles. The van der Waals surface area contributed by atoms with E-state index in [9.17, 15) is 19.5 Å². The molecule has 2 aromatic rings. The number of furan rings is 1. The third-order valence-electron chi connectivity index (χ3n) is 7.03. The zero-order valence-electron chi connectivity index (χ0n) is 25.1. The van der Waals surface area contributed by atoms with Crippen molar-refractivity contribution in [3.05, 3.63) is 53.0 Å². The highest BCUT2D eigenvalue weighted by atomic mass is 16.5. The van der Waals surface area contributed by atoms with E-state index < -0.39 is 36.4 Å². The largest absolute Gasteiger partial charge is 0.496 e. The number of methoxy groups -OCH3 is 1. The number of nitrogens with one attached hydrogen (secondary N) is 1. The van der Waals surface area contributed by atoms with E-state index in [2.05, 4.69) is 56.1 Å². The van der Waals surface area contributed by atoms with Crippen LogP contribution in [0, 0.1) is 6.92 Å². The Balaban J connectivity index is 0.000000401. The number of aliphatic carboxylic acids is 3. The monoisotopic (exact) mass is 592 g/mol. The fourth-order valence-electron chi connectivity index (χ4n) is 5.61. The third-order valence-corrected chi connectivity index (χ3v) is 7.03. The molecule has 1 fully saturated rings. The van der Waals surface area contributed by atoms with Gasteiger partial charge in [-0.25, -0.2) is 4.79 Å². The van der Waals surface area contributed by atoms with E-state index in [0.717, 1.165) is 48.8 Å². The van der Waals surface area contributed by atoms with E-state index in [1.807, 2.05) is 19.1 Å². The zero-order chi connectivity index (χ0) is 31.9. The van der Waals surface area contributed by atoms with Crippen molar-refractivity contribution < 1.29 is 49.1 Å². The number of hydrogen-bond donors (Lipinski definition) is 6. The number of nitrogens with zero attached hydrogens (tertiary/aromatic N) is 1. The van der Waals surface area contributed by atoms with E-state index in [0.29, 0.717) is 6.04 Å². The van der Waals surface area contributed by atoms with Gasteiger partial charge in [0.2, 0.25) is 0 Å². The van der Waals surface area contributed by atoms with E-state index in [-0.39, 0.29) is 17.7 Å². The predicted octanol–water partition coefficient (Wildman–Crippen LogP) is 3.15. The third kappa shape index (κ3) is 10.4. The molecule has 0 radical (unpaired) electrons. The first-order chi connectivity index (χ1) is 19.4. The van der Waals surface area contributed by atoms with Crippen LogP contribution in [0.1, 0.15) is 76.0 Å². The van der Waals surface area contributed by atoms with Gasteiger partial charge in [0.05, 0.1) is 33.1 Å². The summed E-state index contributed by atoms with van der Waals surface area (Å²) in [5.41, 5.74) is -0.602. The van der Waals surface area contributed by atoms with Crippen LogP contribution in [0.25, 0.3) is 0 Å². The van der Waals surface area contributed by atoms with E-state index in [1.54, 1.807) is 7.11 Å². The topological polar surface area (TPSA) is 190 Å². The van der Waals surface area contributed by atoms with Crippen molar-refractivity contribution in [3.8, 4) is 5.75 Å². The molecule has 6 N–H and O–H groups in total. The van der Waals surface area contributed by atoms with Crippen molar-refractivity contribution in [2.75, 3.05) is 7.11 Å². The van der Waals surface area contributed by atoms with Crippen LogP contribution in [-0.4, -0.2) is 78.2 Å². The molecular formula is C30H44N2O10. The van der Waals surface area contributed by atoms with Crippen molar-refractivity contribution in [1.29, 1.82) is 0 Å². The van der Waals surface area contributed by atoms with Crippen molar-refractivity contribution in [2.45, 2.75) is 103 Å². The minimum absolute atomic E-state index is 0.0260. The molecule has 234 valence electrons. The van der Waals surface area contributed by atoms with Crippen molar-refractivity contribution in [1.82, 2.24) is 10.2 Å². The highest BCUT2D eigenvalue weighted by Crippen LogP contribution is 2.33. The summed E-state index contributed by atoms with van der Waals surface area (Å²) in [6, 6.07) is 10.6. The van der Waals surface area contributed by atoms with Gasteiger partial charge in [-0.05, 0) is 77.3 Å². The molecule has 0 bridgehead atoms. The molecule has 12 nitrogen and oxygen atoms in total. The summed E-state index contributed by atoms with van der Waals surface area (Å²) in [7, 11) is 1.64. The minimum Gasteiger partial charge on any atom is -0.496 e. The molecule has 1 aromatic carbocycles. The smallest absolute Gasteiger partial charge is 0.336 e. The molecule has 0 atom stereocenters. The second kappa shape index (κ2) is 14.1. The molecule has 2 heterocycles. The first-order valence-electron chi connectivity index (χ1n) is 13.6. The van der Waals surface area contributed by atoms with Gasteiger partial charge < -0.3 is 40.0 Å². The van der Waals surface area contributed by atoms with Crippen LogP contribution in [0.2, 0.25) is 0 Å². The summed E-state index contributed by atoms with van der Waals surface area (Å²) >= 11 is 0. The number of ether oxygens (including phenoxy) is 1. The predicted molar refractivity (Wildman–Crippen MR) is 153 cm³/mol. The Kier molecular flexibility index (Phi) is 11.7. The summed E-state index contributed by atoms with van der Waals surface area (Å²) in [5, 5.41) is 47.3. The molecule has 1 saturated heterocycles. The van der Waals surface area contributed by atoms with Gasteiger partial charge >= 0.3 is 17.9 Å². The SMILES string of the molecule is COc1ccc(CN(Cc2ccc(C)o2)C2CC(C)(C)NC(C)(C)C2)cc1CO.O=C(O)CC(O)(CC(=O)O)C(=O)O. The van der Waals surface area contributed by atoms with Gasteiger partial charge in [0, 0.05) is 29.2 Å². The maximum absolute atomic E-state index is 10.3. The molecule has 0 amide bonds. The highest BCUT2D eigenvalue weighted by Gasteiger charge is 2.41. The second-order valence-electron chi connectivity index (χ2n) is 12.2. The van der Waals surface area contributed by atoms with Crippen molar-refractivity contribution in [3.63, 3.8) is 0 Å². The highest BCUT2D eigenvalue weighted by molar-refractivity contribution is 5.88. The van der Waals surface area contributed by atoms with Gasteiger partial charge in [-0.15, -0.1) is 0 Å². The summed E-state index contributed by atoms with van der Waals surface area (Å²) in [6.45, 7) is 12.7. The average Bonchev–Trinajstić information content (AvgIpc) is 3.25. The number of carbonyl (C=O) groups is 3. The molecule has 3 rings (SSSR count). The number of rotatable bonds is 12. The Morgan fingerprint density at radius 1 is 1.00 bits per heavy atom. The fourth-order valence-corrected chi connectivity index (χ4v) is 5.61. The van der Waals surface area contributed by atoms with Gasteiger partial charge in [0.1, 0.15) is 17.3 Å². The number of piperidine rings is 1. The van der Waals surface area contributed by atoms with Gasteiger partial charge in [0.25, 0.3) is 0 Å². The van der Waals surface area contributed by atoms with Gasteiger partial charge in [-0.2, -0.15) is 0 Å². The van der Waals surface area contributed by atoms with E-state index >= 15 is 0 Å². The van der Waals surface area contributed by atoms with Crippen LogP contribution in [0.3, 0.4) is 0 Å². The Hall–Kier alpha value is -3.45. The van der Waals surface area contributed by atoms with Crippen LogP contribution in [0.5, 0.6) is 5.75 Å². The van der Waals surface area contributed by atoms with Crippen LogP contribution in [0.4, 0.5) is 0 Å². The zero-order valence-corrected chi connectivity index (χ0v) is 25.1. The van der Waals surface area contributed by atoms with E-state index in [4.69, 9.17) is 29.6 Å². The molecule has 12 heteroatoms. The van der Waals surface area contributed by atoms with Crippen LogP contribution < -0.4 is 10.1 Å². The number of carboxylic acids is 3. The number of aliphatic hydroxyl groups excluding tert-OH is 1. The number of hydrogen-bond acceptors (Lipinski definition) is 9. The molecule has 0 spiro atoms. The summed E-state index contributed by atoms with van der Waals surface area (Å²) < 4.78 is 11.3. The van der Waals surface area contributed by atoms with Gasteiger partial charge in [-0.3, -0.25) is 14.5 Å². The second-order valence-corrected chi connectivity index (χ2v) is 12.2. The maximum atomic E-state index is 10.3. The first kappa shape index (κ1) is 34.7. The van der Waals surface area contributed by atoms with Crippen molar-refractivity contribution in [2.24, 2.45) is 0 Å². The molecule has 1 aliphatic rings. The van der Waals surface area contributed by atoms with Gasteiger partial charge in [0.15, 0.2) is 5.60 Å². The lowest BCUT2D eigenvalue weighted by Gasteiger charge is -2.49. The maximum Gasteiger partial charge on any atom is 0.336 e. The van der Waals surface area contributed by atoms with Gasteiger partial charge in [-0.1, -0.05) is 6.07 Å². The van der Waals surface area contributed by atoms with Crippen molar-refractivity contribution >= 4 is 17.9 Å². The first-order valence-corrected chi connectivity index (χ1v) is 13.6. The van der Waals surface area contributed by atoms with Crippen LogP contribution in [-0.2, 0) is 34.1 Å². The summed E-state index contributed by atoms with van der Waals surface area (Å²) in [6.07, 6.45) is -0.151. The molecule has 0 saturated carbocycles. The standard InChI is InChI=1S/C24H36N2O3.C6H8O7/c1-17-7-9-21(29-17)15-26(20-12-23(2,3)25-24(4,5)13-20)14-18-8-10-22(28-6)19(11-18)16-27;7-3(8)1-6(13,5(11)12)2-4(9)10/h7-11,20,25,27H,12-16H2,1-6H3;13H,1-2H2,(H,7,8)(H,9,10)(H,11,12). The number of carboxylic acid groups (broad SMARTS) is 3. The molecule has 0 unspecified atom stereocenters. The number of benzene rings is 1. The Morgan fingerprint density at radius 2 is 1.57 bits per heavy atom. The molecule has 0 aliphatic carbocycles. The van der Waals surface area contributed by atoms with Crippen LogP contribution in [0.15, 0.2) is 34.7 Å². The Bertz CT molecular complexity index is 1200. The lowest BCUT2D eigenvalue weighted by molar-refractivity contribution is -0.170. The number of aliphatic hydroxyl groups is 2. The average molecular weight is 593 g/mol. The Labute approximate surface area is 245 Å². The quantitative estimate of drug-likeness (QED) is 0.211. The minimum atomic E-state index is -2.74. The summed E-state index contributed by atoms with van der Waals surface area (Å²) in [4.78, 5) is 33.0. The molecule has 42 heavy (non-hydrogen) atoms. The molecular weight excluding hydrogens is 548 g/mol. The normalized spacial score (nSPS) is 16.4. The summed E-state index contributed by atoms with van der Waals surface area (Å²) in [5.74, 6) is -2.35. The van der Waals surface area contributed by atoms with Crippen LogP contribution >= 0.6 is 0 Å².